The Labute approximate surface area is 163 Å². The van der Waals surface area contributed by atoms with Gasteiger partial charge in [0.25, 0.3) is 0 Å². The zero-order valence-corrected chi connectivity index (χ0v) is 17.0. The minimum atomic E-state index is 0.0717. The standard InChI is InChI=1S/C20H24ClN3OS/c1-4-13-7-9-14(10-8-13)16-15(5-2)26-19-17(16)18(22-20(21)23-19)24(6-3)11-12-25/h7-10,25H,4-6,11-12H2,1-3H3. The van der Waals surface area contributed by atoms with Gasteiger partial charge < -0.3 is 10.0 Å². The number of anilines is 1. The number of hydrogen-bond donors (Lipinski definition) is 1. The van der Waals surface area contributed by atoms with Crippen molar-refractivity contribution in [3.8, 4) is 11.1 Å². The summed E-state index contributed by atoms with van der Waals surface area (Å²) in [6.07, 6.45) is 1.95. The molecule has 2 aromatic heterocycles. The smallest absolute Gasteiger partial charge is 0.225 e. The normalized spacial score (nSPS) is 11.3. The number of likely N-dealkylation sites (N-methyl/N-ethyl adjacent to an activating group) is 1. The van der Waals surface area contributed by atoms with Gasteiger partial charge in [-0.1, -0.05) is 38.1 Å². The first-order valence-corrected chi connectivity index (χ1v) is 10.3. The Morgan fingerprint density at radius 1 is 1.08 bits per heavy atom. The molecule has 26 heavy (non-hydrogen) atoms. The van der Waals surface area contributed by atoms with Crippen LogP contribution in [0.4, 0.5) is 5.82 Å². The second kappa shape index (κ2) is 8.33. The van der Waals surface area contributed by atoms with Gasteiger partial charge >= 0.3 is 0 Å². The van der Waals surface area contributed by atoms with E-state index in [1.165, 1.54) is 21.6 Å². The highest BCUT2D eigenvalue weighted by molar-refractivity contribution is 7.19. The fraction of sp³-hybridized carbons (Fsp3) is 0.400. The van der Waals surface area contributed by atoms with Gasteiger partial charge in [-0.15, -0.1) is 11.3 Å². The number of aromatic nitrogens is 2. The molecule has 0 unspecified atom stereocenters. The SMILES string of the molecule is CCc1ccc(-c2c(CC)sc3nc(Cl)nc(N(CC)CCO)c23)cc1. The zero-order valence-electron chi connectivity index (χ0n) is 15.4. The molecule has 138 valence electrons. The molecular formula is C20H24ClN3OS. The number of fused-ring (bicyclic) bond motifs is 1. The van der Waals surface area contributed by atoms with Gasteiger partial charge in [0, 0.05) is 23.5 Å². The summed E-state index contributed by atoms with van der Waals surface area (Å²) in [6, 6.07) is 8.72. The predicted molar refractivity (Wildman–Crippen MR) is 112 cm³/mol. The van der Waals surface area contributed by atoms with Crippen LogP contribution in [-0.4, -0.2) is 34.8 Å². The van der Waals surface area contributed by atoms with E-state index >= 15 is 0 Å². The van der Waals surface area contributed by atoms with Crippen LogP contribution in [-0.2, 0) is 12.8 Å². The number of halogens is 1. The highest BCUT2D eigenvalue weighted by Gasteiger charge is 2.22. The van der Waals surface area contributed by atoms with E-state index in [1.807, 2.05) is 0 Å². The van der Waals surface area contributed by atoms with Gasteiger partial charge in [0.15, 0.2) is 0 Å². The number of nitrogens with zero attached hydrogens (tertiary/aromatic N) is 3. The van der Waals surface area contributed by atoms with E-state index in [9.17, 15) is 5.11 Å². The number of thiophene rings is 1. The summed E-state index contributed by atoms with van der Waals surface area (Å²) in [6.45, 7) is 7.71. The molecule has 0 aliphatic heterocycles. The number of benzene rings is 1. The molecule has 0 saturated carbocycles. The van der Waals surface area contributed by atoms with Gasteiger partial charge in [0.2, 0.25) is 5.28 Å². The maximum absolute atomic E-state index is 9.45. The Balaban J connectivity index is 2.29. The van der Waals surface area contributed by atoms with E-state index in [2.05, 4.69) is 59.9 Å². The molecule has 0 aliphatic rings. The number of aryl methyl sites for hydroxylation is 2. The zero-order chi connectivity index (χ0) is 18.7. The van der Waals surface area contributed by atoms with Crippen molar-refractivity contribution in [1.29, 1.82) is 0 Å². The van der Waals surface area contributed by atoms with Gasteiger partial charge in [-0.3, -0.25) is 0 Å². The van der Waals surface area contributed by atoms with Crippen molar-refractivity contribution in [2.45, 2.75) is 33.6 Å². The molecule has 1 N–H and O–H groups in total. The largest absolute Gasteiger partial charge is 0.395 e. The van der Waals surface area contributed by atoms with Crippen LogP contribution in [0.2, 0.25) is 5.28 Å². The van der Waals surface area contributed by atoms with Crippen molar-refractivity contribution >= 4 is 39.0 Å². The molecule has 4 nitrogen and oxygen atoms in total. The van der Waals surface area contributed by atoms with Crippen LogP contribution in [0.25, 0.3) is 21.3 Å². The van der Waals surface area contributed by atoms with Crippen LogP contribution in [0.3, 0.4) is 0 Å². The predicted octanol–water partition coefficient (Wildman–Crippen LogP) is 4.96. The lowest BCUT2D eigenvalue weighted by Gasteiger charge is -2.22. The summed E-state index contributed by atoms with van der Waals surface area (Å²) in [4.78, 5) is 13.3. The van der Waals surface area contributed by atoms with Crippen LogP contribution in [0.15, 0.2) is 24.3 Å². The lowest BCUT2D eigenvalue weighted by atomic mass is 10.00. The second-order valence-electron chi connectivity index (χ2n) is 6.10. The van der Waals surface area contributed by atoms with Crippen LogP contribution in [0.1, 0.15) is 31.2 Å². The number of aliphatic hydroxyl groups excluding tert-OH is 1. The molecule has 0 radical (unpaired) electrons. The fourth-order valence-corrected chi connectivity index (χ4v) is 4.57. The molecule has 2 heterocycles. The monoisotopic (exact) mass is 389 g/mol. The quantitative estimate of drug-likeness (QED) is 0.580. The Kier molecular flexibility index (Phi) is 6.12. The van der Waals surface area contributed by atoms with E-state index < -0.39 is 0 Å². The number of hydrogen-bond acceptors (Lipinski definition) is 5. The molecular weight excluding hydrogens is 366 g/mol. The third-order valence-electron chi connectivity index (χ3n) is 4.60. The second-order valence-corrected chi connectivity index (χ2v) is 7.53. The van der Waals surface area contributed by atoms with Gasteiger partial charge in [-0.25, -0.2) is 4.98 Å². The van der Waals surface area contributed by atoms with Gasteiger partial charge in [-0.2, -0.15) is 4.98 Å². The summed E-state index contributed by atoms with van der Waals surface area (Å²) in [5.41, 5.74) is 3.69. The lowest BCUT2D eigenvalue weighted by Crippen LogP contribution is -2.27. The third kappa shape index (κ3) is 3.56. The van der Waals surface area contributed by atoms with E-state index in [0.29, 0.717) is 6.54 Å². The summed E-state index contributed by atoms with van der Waals surface area (Å²) in [7, 11) is 0. The molecule has 3 aromatic rings. The molecule has 3 rings (SSSR count). The topological polar surface area (TPSA) is 49.2 Å². The van der Waals surface area contributed by atoms with Gasteiger partial charge in [0.05, 0.1) is 12.0 Å². The molecule has 0 bridgehead atoms. The fourth-order valence-electron chi connectivity index (χ4n) is 3.23. The Hall–Kier alpha value is -1.69. The first kappa shape index (κ1) is 19.1. The molecule has 0 spiro atoms. The van der Waals surface area contributed by atoms with E-state index in [4.69, 9.17) is 11.6 Å². The summed E-state index contributed by atoms with van der Waals surface area (Å²) in [5.74, 6) is 0.807. The van der Waals surface area contributed by atoms with Crippen molar-refractivity contribution in [3.63, 3.8) is 0 Å². The van der Waals surface area contributed by atoms with E-state index in [0.717, 1.165) is 35.4 Å². The Morgan fingerprint density at radius 2 is 1.81 bits per heavy atom. The number of aliphatic hydroxyl groups is 1. The highest BCUT2D eigenvalue weighted by atomic mass is 35.5. The Morgan fingerprint density at radius 3 is 2.38 bits per heavy atom. The highest BCUT2D eigenvalue weighted by Crippen LogP contribution is 2.43. The molecule has 0 fully saturated rings. The lowest BCUT2D eigenvalue weighted by molar-refractivity contribution is 0.302. The molecule has 6 heteroatoms. The van der Waals surface area contributed by atoms with Gasteiger partial charge in [0.1, 0.15) is 10.6 Å². The summed E-state index contributed by atoms with van der Waals surface area (Å²) in [5, 5.41) is 10.7. The van der Waals surface area contributed by atoms with E-state index in [1.54, 1.807) is 11.3 Å². The molecule has 0 atom stereocenters. The van der Waals surface area contributed by atoms with Crippen molar-refractivity contribution in [3.05, 3.63) is 40.0 Å². The molecule has 0 saturated heterocycles. The Bertz CT molecular complexity index is 892. The average molecular weight is 390 g/mol. The summed E-state index contributed by atoms with van der Waals surface area (Å²) < 4.78 is 0. The van der Waals surface area contributed by atoms with E-state index in [-0.39, 0.29) is 11.9 Å². The molecule has 0 amide bonds. The first-order chi connectivity index (χ1) is 12.6. The minimum Gasteiger partial charge on any atom is -0.395 e. The van der Waals surface area contributed by atoms with Crippen LogP contribution >= 0.6 is 22.9 Å². The van der Waals surface area contributed by atoms with Crippen molar-refractivity contribution in [2.75, 3.05) is 24.6 Å². The van der Waals surface area contributed by atoms with Crippen LogP contribution in [0, 0.1) is 0 Å². The summed E-state index contributed by atoms with van der Waals surface area (Å²) >= 11 is 7.89. The first-order valence-electron chi connectivity index (χ1n) is 9.06. The van der Waals surface area contributed by atoms with Crippen LogP contribution in [0.5, 0.6) is 0 Å². The average Bonchev–Trinajstić information content (AvgIpc) is 3.03. The third-order valence-corrected chi connectivity index (χ3v) is 6.00. The molecule has 0 aliphatic carbocycles. The molecule has 1 aromatic carbocycles. The maximum atomic E-state index is 9.45. The minimum absolute atomic E-state index is 0.0717. The van der Waals surface area contributed by atoms with Crippen LogP contribution < -0.4 is 4.90 Å². The number of rotatable bonds is 7. The van der Waals surface area contributed by atoms with Crippen molar-refractivity contribution in [2.24, 2.45) is 0 Å². The van der Waals surface area contributed by atoms with Crippen molar-refractivity contribution < 1.29 is 5.11 Å². The van der Waals surface area contributed by atoms with Gasteiger partial charge in [-0.05, 0) is 42.5 Å². The van der Waals surface area contributed by atoms with Crippen molar-refractivity contribution in [1.82, 2.24) is 9.97 Å². The maximum Gasteiger partial charge on any atom is 0.225 e.